The summed E-state index contributed by atoms with van der Waals surface area (Å²) in [5, 5.41) is 30.8. The predicted octanol–water partition coefficient (Wildman–Crippen LogP) is 3.18. The molecule has 1 aromatic heterocycles. The first-order valence-corrected chi connectivity index (χ1v) is 9.75. The number of fused-ring (bicyclic) bond motifs is 1. The highest BCUT2D eigenvalue weighted by atomic mass is 32.1. The smallest absolute Gasteiger partial charge is 0.126 e. The van der Waals surface area contributed by atoms with Gasteiger partial charge in [-0.3, -0.25) is 0 Å². The van der Waals surface area contributed by atoms with Crippen LogP contribution in [0.2, 0.25) is 0 Å². The van der Waals surface area contributed by atoms with E-state index in [2.05, 4.69) is 6.07 Å². The van der Waals surface area contributed by atoms with Crippen molar-refractivity contribution in [3.8, 4) is 0 Å². The van der Waals surface area contributed by atoms with Gasteiger partial charge in [-0.05, 0) is 40.8 Å². The number of benzene rings is 2. The lowest BCUT2D eigenvalue weighted by molar-refractivity contribution is -0.179. The van der Waals surface area contributed by atoms with Gasteiger partial charge in [-0.1, -0.05) is 24.3 Å². The summed E-state index contributed by atoms with van der Waals surface area (Å²) in [5.74, 6) is -0.319. The first-order chi connectivity index (χ1) is 13.0. The van der Waals surface area contributed by atoms with E-state index in [1.807, 2.05) is 24.3 Å². The minimum atomic E-state index is -1.12. The lowest BCUT2D eigenvalue weighted by Gasteiger charge is -2.37. The van der Waals surface area contributed by atoms with Crippen LogP contribution in [-0.4, -0.2) is 40.2 Å². The fourth-order valence-electron chi connectivity index (χ4n) is 3.57. The van der Waals surface area contributed by atoms with Crippen molar-refractivity contribution in [2.75, 3.05) is 6.61 Å². The molecule has 0 spiro atoms. The molecule has 2 aromatic carbocycles. The molecule has 1 fully saturated rings. The topological polar surface area (TPSA) is 69.9 Å². The van der Waals surface area contributed by atoms with E-state index < -0.39 is 24.4 Å². The van der Waals surface area contributed by atoms with Crippen LogP contribution in [0.25, 0.3) is 10.1 Å². The van der Waals surface area contributed by atoms with Crippen molar-refractivity contribution in [1.82, 2.24) is 0 Å². The van der Waals surface area contributed by atoms with Crippen LogP contribution in [0.15, 0.2) is 48.5 Å². The Kier molecular flexibility index (Phi) is 5.25. The number of halogens is 1. The van der Waals surface area contributed by atoms with E-state index in [9.17, 15) is 19.7 Å². The monoisotopic (exact) mass is 388 g/mol. The minimum absolute atomic E-state index is 0.171. The Hall–Kier alpha value is -1.83. The molecule has 1 aliphatic rings. The Balaban J connectivity index is 1.62. The zero-order valence-electron chi connectivity index (χ0n) is 14.6. The number of hydrogen-bond acceptors (Lipinski definition) is 5. The molecule has 27 heavy (non-hydrogen) atoms. The number of ether oxygens (including phenoxy) is 1. The maximum absolute atomic E-state index is 14.4. The van der Waals surface area contributed by atoms with Gasteiger partial charge in [0.1, 0.15) is 18.0 Å². The van der Waals surface area contributed by atoms with Gasteiger partial charge in [-0.15, -0.1) is 11.3 Å². The van der Waals surface area contributed by atoms with E-state index in [1.54, 1.807) is 23.5 Å². The lowest BCUT2D eigenvalue weighted by atomic mass is 9.92. The highest BCUT2D eigenvalue weighted by Gasteiger charge is 2.37. The number of aliphatic hydroxyl groups excluding tert-OH is 3. The van der Waals surface area contributed by atoms with Crippen LogP contribution in [0.1, 0.15) is 28.5 Å². The lowest BCUT2D eigenvalue weighted by Crippen LogP contribution is -2.44. The molecule has 3 unspecified atom stereocenters. The van der Waals surface area contributed by atoms with E-state index >= 15 is 0 Å². The van der Waals surface area contributed by atoms with Gasteiger partial charge in [0.05, 0.1) is 18.8 Å². The average Bonchev–Trinajstić information content (AvgIpc) is 3.08. The zero-order valence-corrected chi connectivity index (χ0v) is 15.4. The zero-order chi connectivity index (χ0) is 19.0. The van der Waals surface area contributed by atoms with Gasteiger partial charge in [0, 0.05) is 22.4 Å². The van der Waals surface area contributed by atoms with Crippen molar-refractivity contribution in [3.63, 3.8) is 0 Å². The molecule has 0 saturated carbocycles. The van der Waals surface area contributed by atoms with E-state index in [0.717, 1.165) is 15.0 Å². The summed E-state index contributed by atoms with van der Waals surface area (Å²) in [6.07, 6.45) is -2.85. The average molecular weight is 388 g/mol. The van der Waals surface area contributed by atoms with Crippen molar-refractivity contribution in [2.24, 2.45) is 0 Å². The van der Waals surface area contributed by atoms with Crippen LogP contribution in [-0.2, 0) is 11.2 Å². The van der Waals surface area contributed by atoms with E-state index in [-0.39, 0.29) is 18.8 Å². The summed E-state index contributed by atoms with van der Waals surface area (Å²) in [7, 11) is 0. The quantitative estimate of drug-likeness (QED) is 0.642. The molecule has 1 aliphatic heterocycles. The van der Waals surface area contributed by atoms with Crippen LogP contribution in [0.4, 0.5) is 4.39 Å². The number of thiophene rings is 1. The summed E-state index contributed by atoms with van der Waals surface area (Å²) >= 11 is 1.63. The SMILES string of the molecule is OCC1C[C@H](O)C(O)C(c2ccc(F)c(Cc3cc4ccccc4s3)c2)O1. The maximum Gasteiger partial charge on any atom is 0.126 e. The van der Waals surface area contributed by atoms with Gasteiger partial charge < -0.3 is 20.1 Å². The van der Waals surface area contributed by atoms with Crippen LogP contribution < -0.4 is 0 Å². The molecule has 0 amide bonds. The minimum Gasteiger partial charge on any atom is -0.394 e. The standard InChI is InChI=1S/C21H21FO4S/c22-17-6-5-13(21-20(25)18(24)10-15(11-23)26-21)7-14(17)9-16-8-12-3-1-2-4-19(12)27-16/h1-8,15,18,20-21,23-25H,9-11H2/t15?,18-,20?,21?/m0/s1. The largest absolute Gasteiger partial charge is 0.394 e. The Morgan fingerprint density at radius 1 is 1.11 bits per heavy atom. The van der Waals surface area contributed by atoms with Crippen LogP contribution >= 0.6 is 11.3 Å². The predicted molar refractivity (Wildman–Crippen MR) is 102 cm³/mol. The van der Waals surface area contributed by atoms with E-state index in [0.29, 0.717) is 17.5 Å². The molecule has 0 radical (unpaired) electrons. The molecule has 3 aromatic rings. The first kappa shape index (κ1) is 18.5. The summed E-state index contributed by atoms with van der Waals surface area (Å²) in [6.45, 7) is -0.240. The van der Waals surface area contributed by atoms with Crippen molar-refractivity contribution in [2.45, 2.75) is 37.3 Å². The highest BCUT2D eigenvalue weighted by molar-refractivity contribution is 7.19. The molecule has 142 valence electrons. The van der Waals surface area contributed by atoms with Gasteiger partial charge >= 0.3 is 0 Å². The molecule has 0 aliphatic carbocycles. The van der Waals surface area contributed by atoms with Crippen LogP contribution in [0.5, 0.6) is 0 Å². The Morgan fingerprint density at radius 2 is 1.93 bits per heavy atom. The summed E-state index contributed by atoms with van der Waals surface area (Å²) in [5.41, 5.74) is 1.10. The second-order valence-electron chi connectivity index (χ2n) is 6.93. The van der Waals surface area contributed by atoms with Crippen molar-refractivity contribution < 1.29 is 24.4 Å². The van der Waals surface area contributed by atoms with Crippen LogP contribution in [0.3, 0.4) is 0 Å². The third-order valence-corrected chi connectivity index (χ3v) is 6.11. The van der Waals surface area contributed by atoms with Crippen molar-refractivity contribution in [3.05, 3.63) is 70.4 Å². The number of aliphatic hydroxyl groups is 3. The Morgan fingerprint density at radius 3 is 2.70 bits per heavy atom. The molecule has 2 heterocycles. The fraction of sp³-hybridized carbons (Fsp3) is 0.333. The molecular weight excluding hydrogens is 367 g/mol. The molecule has 3 N–H and O–H groups in total. The van der Waals surface area contributed by atoms with Crippen molar-refractivity contribution >= 4 is 21.4 Å². The third-order valence-electron chi connectivity index (χ3n) is 4.99. The second-order valence-corrected chi connectivity index (χ2v) is 8.10. The number of rotatable bonds is 4. The van der Waals surface area contributed by atoms with E-state index in [4.69, 9.17) is 4.74 Å². The molecule has 4 nitrogen and oxygen atoms in total. The van der Waals surface area contributed by atoms with Gasteiger partial charge in [0.2, 0.25) is 0 Å². The van der Waals surface area contributed by atoms with Gasteiger partial charge in [-0.2, -0.15) is 0 Å². The fourth-order valence-corrected chi connectivity index (χ4v) is 4.65. The van der Waals surface area contributed by atoms with E-state index in [1.165, 1.54) is 6.07 Å². The summed E-state index contributed by atoms with van der Waals surface area (Å²) < 4.78 is 21.3. The maximum atomic E-state index is 14.4. The molecule has 4 atom stereocenters. The second kappa shape index (κ2) is 7.66. The molecule has 0 bridgehead atoms. The van der Waals surface area contributed by atoms with Crippen LogP contribution in [0, 0.1) is 5.82 Å². The summed E-state index contributed by atoms with van der Waals surface area (Å²) in [6, 6.07) is 14.7. The number of hydrogen-bond donors (Lipinski definition) is 3. The summed E-state index contributed by atoms with van der Waals surface area (Å²) in [4.78, 5) is 1.05. The third kappa shape index (κ3) is 3.77. The molecule has 4 rings (SSSR count). The first-order valence-electron chi connectivity index (χ1n) is 8.93. The Bertz CT molecular complexity index is 908. The van der Waals surface area contributed by atoms with Gasteiger partial charge in [0.25, 0.3) is 0 Å². The molecule has 1 saturated heterocycles. The Labute approximate surface area is 160 Å². The van der Waals surface area contributed by atoms with Gasteiger partial charge in [0.15, 0.2) is 0 Å². The van der Waals surface area contributed by atoms with Crippen molar-refractivity contribution in [1.29, 1.82) is 0 Å². The molecule has 6 heteroatoms. The normalized spacial score (nSPS) is 25.8. The highest BCUT2D eigenvalue weighted by Crippen LogP contribution is 2.34. The molecular formula is C21H21FO4S. The van der Waals surface area contributed by atoms with Gasteiger partial charge in [-0.25, -0.2) is 4.39 Å².